The van der Waals surface area contributed by atoms with E-state index in [9.17, 15) is 36.0 Å². The van der Waals surface area contributed by atoms with Gasteiger partial charge in [-0.3, -0.25) is 9.59 Å². The quantitative estimate of drug-likeness (QED) is 0.113. The van der Waals surface area contributed by atoms with Gasteiger partial charge in [-0.05, 0) is 60.7 Å². The van der Waals surface area contributed by atoms with Gasteiger partial charge in [0.05, 0.1) is 36.3 Å². The highest BCUT2D eigenvalue weighted by Crippen LogP contribution is 2.44. The second-order valence-electron chi connectivity index (χ2n) is 11.7. The van der Waals surface area contributed by atoms with Crippen molar-refractivity contribution >= 4 is 50.0 Å². The summed E-state index contributed by atoms with van der Waals surface area (Å²) >= 11 is 0. The molecule has 17 heteroatoms. The number of nitrogens with one attached hydrogen (secondary N) is 1. The fourth-order valence-electron chi connectivity index (χ4n) is 6.16. The molecular weight excluding hydrogens is 712 g/mol. The molecule has 0 aliphatic carbocycles. The van der Waals surface area contributed by atoms with Gasteiger partial charge in [0, 0.05) is 35.4 Å². The van der Waals surface area contributed by atoms with Gasteiger partial charge in [0.25, 0.3) is 0 Å². The van der Waals surface area contributed by atoms with Gasteiger partial charge in [-0.1, -0.05) is 25.1 Å². The lowest BCUT2D eigenvalue weighted by atomic mass is 9.93. The van der Waals surface area contributed by atoms with E-state index < -0.39 is 63.4 Å². The van der Waals surface area contributed by atoms with Crippen LogP contribution in [0.4, 0.5) is 29.1 Å². The molecule has 3 N–H and O–H groups in total. The van der Waals surface area contributed by atoms with Gasteiger partial charge in [-0.25, -0.2) is 22.6 Å². The predicted octanol–water partition coefficient (Wildman–Crippen LogP) is 5.53. The number of halogens is 4. The Labute approximate surface area is 295 Å². The molecule has 276 valence electrons. The number of methoxy groups -OCH3 is 1. The number of nitrogens with two attached hydrogens (primary N) is 1. The van der Waals surface area contributed by atoms with Crippen LogP contribution >= 0.6 is 0 Å². The molecule has 1 fully saturated rings. The van der Waals surface area contributed by atoms with Crippen molar-refractivity contribution in [2.75, 3.05) is 37.1 Å². The minimum atomic E-state index is -5.51. The van der Waals surface area contributed by atoms with Crippen LogP contribution in [0.3, 0.4) is 0 Å². The Hall–Kier alpha value is -5.45. The number of aromatic nitrogens is 1. The van der Waals surface area contributed by atoms with Gasteiger partial charge >= 0.3 is 18.1 Å². The van der Waals surface area contributed by atoms with E-state index in [2.05, 4.69) is 15.0 Å². The Bertz CT molecular complexity index is 2130. The largest absolute Gasteiger partial charge is 0.493 e. The van der Waals surface area contributed by atoms with Crippen molar-refractivity contribution < 1.29 is 54.6 Å². The van der Waals surface area contributed by atoms with Crippen LogP contribution in [-0.4, -0.2) is 68.3 Å². The van der Waals surface area contributed by atoms with E-state index >= 15 is 4.39 Å². The molecular formula is C35H34F4N4O8S. The van der Waals surface area contributed by atoms with Crippen molar-refractivity contribution in [3.63, 3.8) is 0 Å². The van der Waals surface area contributed by atoms with E-state index in [1.165, 1.54) is 50.6 Å². The van der Waals surface area contributed by atoms with Crippen LogP contribution in [0.15, 0.2) is 71.8 Å². The molecule has 3 aromatic carbocycles. The number of carbonyl (C=O) groups excluding carboxylic acids is 3. The number of alkyl halides is 3. The third kappa shape index (κ3) is 7.58. The highest BCUT2D eigenvalue weighted by atomic mass is 32.2. The van der Waals surface area contributed by atoms with Crippen molar-refractivity contribution in [1.29, 1.82) is 0 Å². The summed E-state index contributed by atoms with van der Waals surface area (Å²) in [6, 6.07) is 11.0. The SMILES string of the molecule is CCOc1cc([C@@H](Nc2ccc3c(N)nccc3c2)C(=O)N2CCC(C(=O)OC(=O)C(F)(F)F)C2c2ccccc2S(=O)(=O)CC)c(F)cc1OC. The number of pyridine rings is 1. The summed E-state index contributed by atoms with van der Waals surface area (Å²) in [6.45, 7) is 2.87. The minimum Gasteiger partial charge on any atom is -0.493 e. The van der Waals surface area contributed by atoms with Crippen molar-refractivity contribution in [2.24, 2.45) is 5.92 Å². The van der Waals surface area contributed by atoms with E-state index in [1.54, 1.807) is 31.2 Å². The molecule has 1 aliphatic heterocycles. The van der Waals surface area contributed by atoms with Gasteiger partial charge in [0.1, 0.15) is 17.7 Å². The maximum Gasteiger partial charge on any atom is 0.491 e. The summed E-state index contributed by atoms with van der Waals surface area (Å²) in [6.07, 6.45) is -4.37. The number of amides is 1. The van der Waals surface area contributed by atoms with E-state index in [0.29, 0.717) is 16.5 Å². The number of anilines is 2. The number of hydrogen-bond acceptors (Lipinski definition) is 11. The highest BCUT2D eigenvalue weighted by Gasteiger charge is 2.49. The van der Waals surface area contributed by atoms with E-state index in [4.69, 9.17) is 15.2 Å². The third-order valence-corrected chi connectivity index (χ3v) is 10.4. The molecule has 4 aromatic rings. The molecule has 0 spiro atoms. The molecule has 3 atom stereocenters. The molecule has 0 bridgehead atoms. The lowest BCUT2D eigenvalue weighted by molar-refractivity contribution is -0.203. The summed E-state index contributed by atoms with van der Waals surface area (Å²) < 4.78 is 97.1. The number of hydrogen-bond donors (Lipinski definition) is 2. The van der Waals surface area contributed by atoms with E-state index in [1.807, 2.05) is 0 Å². The monoisotopic (exact) mass is 746 g/mol. The molecule has 12 nitrogen and oxygen atoms in total. The molecule has 0 saturated carbocycles. The average molecular weight is 747 g/mol. The van der Waals surface area contributed by atoms with E-state index in [-0.39, 0.29) is 52.9 Å². The smallest absolute Gasteiger partial charge is 0.491 e. The van der Waals surface area contributed by atoms with Crippen molar-refractivity contribution in [2.45, 2.75) is 43.4 Å². The molecule has 2 unspecified atom stereocenters. The van der Waals surface area contributed by atoms with Crippen molar-refractivity contribution in [3.05, 3.63) is 83.8 Å². The second-order valence-corrected chi connectivity index (χ2v) is 13.9. The average Bonchev–Trinajstić information content (AvgIpc) is 3.56. The Balaban J connectivity index is 1.67. The Morgan fingerprint density at radius 2 is 1.79 bits per heavy atom. The maximum absolute atomic E-state index is 16.0. The van der Waals surface area contributed by atoms with Crippen LogP contribution in [0.2, 0.25) is 0 Å². The number of nitrogens with zero attached hydrogens (tertiary/aromatic N) is 2. The first-order valence-electron chi connectivity index (χ1n) is 16.0. The zero-order valence-electron chi connectivity index (χ0n) is 28.1. The normalized spacial score (nSPS) is 16.7. The van der Waals surface area contributed by atoms with Crippen LogP contribution in [0.25, 0.3) is 10.8 Å². The van der Waals surface area contributed by atoms with Crippen molar-refractivity contribution in [1.82, 2.24) is 9.88 Å². The Morgan fingerprint density at radius 1 is 1.06 bits per heavy atom. The topological polar surface area (TPSA) is 167 Å². The van der Waals surface area contributed by atoms with Gasteiger partial charge in [-0.2, -0.15) is 13.2 Å². The number of rotatable bonds is 11. The number of esters is 2. The van der Waals surface area contributed by atoms with Crippen LogP contribution in [0.5, 0.6) is 11.5 Å². The summed E-state index contributed by atoms with van der Waals surface area (Å²) in [5, 5.41) is 4.23. The zero-order valence-corrected chi connectivity index (χ0v) is 28.9. The van der Waals surface area contributed by atoms with Crippen LogP contribution in [0, 0.1) is 11.7 Å². The number of sulfone groups is 1. The number of carbonyl (C=O) groups is 3. The summed E-state index contributed by atoms with van der Waals surface area (Å²) in [7, 11) is -2.74. The lowest BCUT2D eigenvalue weighted by Gasteiger charge is -2.33. The molecule has 5 rings (SSSR count). The Morgan fingerprint density at radius 3 is 2.46 bits per heavy atom. The number of ether oxygens (including phenoxy) is 3. The number of fused-ring (bicyclic) bond motifs is 1. The number of benzene rings is 3. The molecule has 0 radical (unpaired) electrons. The first-order valence-corrected chi connectivity index (χ1v) is 17.6. The zero-order chi connectivity index (χ0) is 38.0. The lowest BCUT2D eigenvalue weighted by Crippen LogP contribution is -2.41. The van der Waals surface area contributed by atoms with Crippen LogP contribution in [0.1, 0.15) is 43.5 Å². The summed E-state index contributed by atoms with van der Waals surface area (Å²) in [4.78, 5) is 44.7. The first-order chi connectivity index (χ1) is 24.6. The predicted molar refractivity (Wildman–Crippen MR) is 181 cm³/mol. The number of likely N-dealkylation sites (tertiary alicyclic amines) is 1. The highest BCUT2D eigenvalue weighted by molar-refractivity contribution is 7.91. The third-order valence-electron chi connectivity index (χ3n) is 8.61. The molecule has 52 heavy (non-hydrogen) atoms. The molecule has 1 saturated heterocycles. The Kier molecular flexibility index (Phi) is 10.9. The molecule has 1 aliphatic rings. The minimum absolute atomic E-state index is 0.0258. The standard InChI is InChI=1S/C35H34F4N4O8S/c1-4-50-27-17-24(25(36)18-26(27)49-3)29(42-20-10-11-21-19(16-20)12-14-41-31(21)40)32(44)43-15-13-23(33(45)51-34(46)35(37,38)39)30(43)22-8-6-7-9-28(22)52(47,48)5-2/h6-12,14,16-18,23,29-30,42H,4-5,13,15H2,1-3H3,(H2,40,41)/t23?,29-,30?/m1/s1. The van der Waals surface area contributed by atoms with Gasteiger partial charge in [0.15, 0.2) is 21.3 Å². The maximum atomic E-state index is 16.0. The molecule has 2 heterocycles. The molecule has 1 aromatic heterocycles. The van der Waals surface area contributed by atoms with Gasteiger partial charge < -0.3 is 30.2 Å². The fraction of sp³-hybridized carbons (Fsp3) is 0.314. The summed E-state index contributed by atoms with van der Waals surface area (Å²) in [5.41, 5.74) is 5.97. The van der Waals surface area contributed by atoms with Gasteiger partial charge in [-0.15, -0.1) is 0 Å². The second kappa shape index (κ2) is 15.0. The summed E-state index contributed by atoms with van der Waals surface area (Å²) in [5.74, 6) is -7.86. The van der Waals surface area contributed by atoms with Crippen LogP contribution < -0.4 is 20.5 Å². The number of nitrogen functional groups attached to an aromatic ring is 1. The van der Waals surface area contributed by atoms with E-state index in [0.717, 1.165) is 11.0 Å². The van der Waals surface area contributed by atoms with Crippen molar-refractivity contribution in [3.8, 4) is 11.5 Å². The first kappa shape index (κ1) is 37.8. The van der Waals surface area contributed by atoms with Gasteiger partial charge in [0.2, 0.25) is 5.91 Å². The fourth-order valence-corrected chi connectivity index (χ4v) is 7.30. The molecule has 1 amide bonds. The van der Waals surface area contributed by atoms with Crippen LogP contribution in [-0.2, 0) is 29.0 Å².